The van der Waals surface area contributed by atoms with Gasteiger partial charge in [0.2, 0.25) is 0 Å². The van der Waals surface area contributed by atoms with Crippen LogP contribution in [-0.4, -0.2) is 35.0 Å². The predicted octanol–water partition coefficient (Wildman–Crippen LogP) is 6.69. The van der Waals surface area contributed by atoms with Gasteiger partial charge in [-0.05, 0) is 80.0 Å². The van der Waals surface area contributed by atoms with Crippen LogP contribution in [0.1, 0.15) is 113 Å². The van der Waals surface area contributed by atoms with Crippen molar-refractivity contribution in [3.05, 3.63) is 0 Å². The van der Waals surface area contributed by atoms with Crippen molar-refractivity contribution in [2.45, 2.75) is 142 Å². The minimum atomic E-state index is -0.179. The topological polar surface area (TPSA) is 48.1 Å². The first-order chi connectivity index (χ1) is 15.9. The molecule has 34 heavy (non-hydrogen) atoms. The van der Waals surface area contributed by atoms with E-state index >= 15 is 0 Å². The van der Waals surface area contributed by atoms with E-state index in [2.05, 4.69) is 41.5 Å². The molecule has 3 aliphatic heterocycles. The SMILES string of the molecule is CC(=O)O[C@H]1CC[C@@]2(C)[C@]3(CC[C@@]4(O3)[C@@H]3CC[C@H]([C@H](C)CC[C@H](C)C(C)C)[C@@]3(C)C[C@H]3O[C@@]324)C1. The molecule has 4 heteroatoms. The van der Waals surface area contributed by atoms with Crippen LogP contribution in [0.25, 0.3) is 0 Å². The molecule has 0 aromatic carbocycles. The lowest BCUT2D eigenvalue weighted by atomic mass is 9.44. The summed E-state index contributed by atoms with van der Waals surface area (Å²) in [6.45, 7) is 16.3. The zero-order valence-corrected chi connectivity index (χ0v) is 22.7. The average Bonchev–Trinajstić information content (AvgIpc) is 3.12. The van der Waals surface area contributed by atoms with Gasteiger partial charge in [-0.1, -0.05) is 54.4 Å². The molecule has 3 saturated heterocycles. The molecule has 3 aliphatic carbocycles. The maximum absolute atomic E-state index is 11.7. The van der Waals surface area contributed by atoms with Gasteiger partial charge in [-0.15, -0.1) is 0 Å². The molecule has 2 bridgehead atoms. The van der Waals surface area contributed by atoms with Crippen LogP contribution >= 0.6 is 0 Å². The molecule has 3 saturated carbocycles. The predicted molar refractivity (Wildman–Crippen MR) is 132 cm³/mol. The Kier molecular flexibility index (Phi) is 5.06. The fourth-order valence-corrected chi connectivity index (χ4v) is 10.8. The van der Waals surface area contributed by atoms with E-state index in [4.69, 9.17) is 14.2 Å². The number of esters is 1. The first-order valence-corrected chi connectivity index (χ1v) is 14.5. The molecule has 0 amide bonds. The Morgan fingerprint density at radius 3 is 2.47 bits per heavy atom. The van der Waals surface area contributed by atoms with Crippen LogP contribution in [0.2, 0.25) is 0 Å². The van der Waals surface area contributed by atoms with Gasteiger partial charge in [0, 0.05) is 18.8 Å². The Balaban J connectivity index is 1.28. The van der Waals surface area contributed by atoms with Crippen LogP contribution in [-0.2, 0) is 19.0 Å². The van der Waals surface area contributed by atoms with Gasteiger partial charge in [-0.3, -0.25) is 4.79 Å². The number of fused-ring (bicyclic) bond motifs is 1. The van der Waals surface area contributed by atoms with Gasteiger partial charge in [0.25, 0.3) is 0 Å². The highest BCUT2D eigenvalue weighted by molar-refractivity contribution is 5.66. The van der Waals surface area contributed by atoms with Crippen molar-refractivity contribution in [3.63, 3.8) is 0 Å². The van der Waals surface area contributed by atoms with Gasteiger partial charge in [-0.2, -0.15) is 0 Å². The van der Waals surface area contributed by atoms with Gasteiger partial charge in [0.1, 0.15) is 17.3 Å². The van der Waals surface area contributed by atoms with Crippen LogP contribution in [0, 0.1) is 40.4 Å². The van der Waals surface area contributed by atoms with Crippen LogP contribution < -0.4 is 0 Å². The number of epoxide rings is 1. The van der Waals surface area contributed by atoms with E-state index in [9.17, 15) is 4.79 Å². The molecule has 6 rings (SSSR count). The van der Waals surface area contributed by atoms with Crippen molar-refractivity contribution >= 4 is 5.97 Å². The quantitative estimate of drug-likeness (QED) is 0.319. The summed E-state index contributed by atoms with van der Waals surface area (Å²) in [4.78, 5) is 11.7. The number of carbonyl (C=O) groups is 1. The molecule has 0 aromatic heterocycles. The van der Waals surface area contributed by atoms with Crippen LogP contribution in [0.15, 0.2) is 0 Å². The minimum Gasteiger partial charge on any atom is -0.462 e. The Labute approximate surface area is 207 Å². The van der Waals surface area contributed by atoms with E-state index < -0.39 is 0 Å². The van der Waals surface area contributed by atoms with Crippen molar-refractivity contribution in [2.75, 3.05) is 0 Å². The molecule has 11 atom stereocenters. The first-order valence-electron chi connectivity index (χ1n) is 14.5. The Morgan fingerprint density at radius 1 is 1.00 bits per heavy atom. The lowest BCUT2D eigenvalue weighted by molar-refractivity contribution is -0.168. The highest BCUT2D eigenvalue weighted by Gasteiger charge is 2.94. The average molecular weight is 473 g/mol. The van der Waals surface area contributed by atoms with E-state index in [1.165, 1.54) is 32.1 Å². The molecule has 3 heterocycles. The third-order valence-electron chi connectivity index (χ3n) is 12.8. The fourth-order valence-electron chi connectivity index (χ4n) is 10.8. The largest absolute Gasteiger partial charge is 0.462 e. The molecule has 192 valence electrons. The van der Waals surface area contributed by atoms with E-state index in [0.29, 0.717) is 17.4 Å². The Bertz CT molecular complexity index is 870. The summed E-state index contributed by atoms with van der Waals surface area (Å²) in [7, 11) is 0. The summed E-state index contributed by atoms with van der Waals surface area (Å²) >= 11 is 0. The lowest BCUT2D eigenvalue weighted by Gasteiger charge is -2.56. The third-order valence-corrected chi connectivity index (χ3v) is 12.8. The summed E-state index contributed by atoms with van der Waals surface area (Å²) in [5.74, 6) is 3.56. The molecule has 6 fully saturated rings. The summed E-state index contributed by atoms with van der Waals surface area (Å²) in [5, 5.41) is 0. The van der Waals surface area contributed by atoms with Gasteiger partial charge in [0.15, 0.2) is 0 Å². The normalized spacial score (nSPS) is 54.1. The minimum absolute atomic E-state index is 0.000146. The smallest absolute Gasteiger partial charge is 0.302 e. The van der Waals surface area contributed by atoms with Crippen LogP contribution in [0.3, 0.4) is 0 Å². The second-order valence-corrected chi connectivity index (χ2v) is 14.4. The van der Waals surface area contributed by atoms with Crippen LogP contribution in [0.4, 0.5) is 0 Å². The second-order valence-electron chi connectivity index (χ2n) is 14.4. The van der Waals surface area contributed by atoms with Gasteiger partial charge in [-0.25, -0.2) is 0 Å². The summed E-state index contributed by atoms with van der Waals surface area (Å²) in [6, 6.07) is 0. The summed E-state index contributed by atoms with van der Waals surface area (Å²) < 4.78 is 20.1. The zero-order chi connectivity index (χ0) is 24.3. The van der Waals surface area contributed by atoms with Crippen molar-refractivity contribution in [3.8, 4) is 0 Å². The Morgan fingerprint density at radius 2 is 1.76 bits per heavy atom. The zero-order valence-electron chi connectivity index (χ0n) is 22.7. The van der Waals surface area contributed by atoms with E-state index in [0.717, 1.165) is 55.8 Å². The molecule has 0 unspecified atom stereocenters. The highest BCUT2D eigenvalue weighted by Crippen LogP contribution is 2.85. The van der Waals surface area contributed by atoms with E-state index in [1.54, 1.807) is 6.92 Å². The lowest BCUT2D eigenvalue weighted by Crippen LogP contribution is -2.65. The van der Waals surface area contributed by atoms with Gasteiger partial charge < -0.3 is 14.2 Å². The van der Waals surface area contributed by atoms with Crippen LogP contribution in [0.5, 0.6) is 0 Å². The molecule has 6 aliphatic rings. The van der Waals surface area contributed by atoms with Gasteiger partial charge in [0.05, 0.1) is 11.7 Å². The highest BCUT2D eigenvalue weighted by atomic mass is 16.7. The Hall–Kier alpha value is -0.610. The molecule has 3 spiro atoms. The van der Waals surface area contributed by atoms with E-state index in [1.807, 2.05) is 0 Å². The summed E-state index contributed by atoms with van der Waals surface area (Å²) in [5.41, 5.74) is -0.0208. The monoisotopic (exact) mass is 472 g/mol. The molecule has 0 radical (unpaired) electrons. The van der Waals surface area contributed by atoms with Crippen molar-refractivity contribution < 1.29 is 19.0 Å². The maximum Gasteiger partial charge on any atom is 0.302 e. The second kappa shape index (κ2) is 7.24. The number of hydrogen-bond donors (Lipinski definition) is 0. The van der Waals surface area contributed by atoms with Crippen molar-refractivity contribution in [1.82, 2.24) is 0 Å². The summed E-state index contributed by atoms with van der Waals surface area (Å²) in [6.07, 6.45) is 12.0. The fraction of sp³-hybridized carbons (Fsp3) is 0.967. The van der Waals surface area contributed by atoms with Crippen molar-refractivity contribution in [1.29, 1.82) is 0 Å². The van der Waals surface area contributed by atoms with Gasteiger partial charge >= 0.3 is 5.97 Å². The van der Waals surface area contributed by atoms with Crippen molar-refractivity contribution in [2.24, 2.45) is 40.4 Å². The molecule has 4 nitrogen and oxygen atoms in total. The number of hydrogen-bond acceptors (Lipinski definition) is 4. The molecular weight excluding hydrogens is 424 g/mol. The standard InChI is InChI=1S/C30H48O4/c1-18(2)19(3)8-9-20(4)23-10-11-24-26(23,6)17-25-30(33-25)27(7)13-12-22(32-21(5)31)16-28(27)14-15-29(24,30)34-28/h18-20,22-25H,8-17H2,1-7H3/t19-,20+,22-,23+,24+,25+,26+,27-,28-,29+,30-/m0/s1. The first kappa shape index (κ1) is 23.8. The number of ether oxygens (including phenoxy) is 3. The molecule has 0 aromatic rings. The molecular formula is C30H48O4. The third kappa shape index (κ3) is 2.66. The maximum atomic E-state index is 11.7. The molecule has 0 N–H and O–H groups in total. The van der Waals surface area contributed by atoms with E-state index in [-0.39, 0.29) is 34.3 Å². The number of rotatable bonds is 6. The number of carbonyl (C=O) groups excluding carboxylic acids is 1.